The normalized spacial score (nSPS) is 10.2. The van der Waals surface area contributed by atoms with Crippen LogP contribution < -0.4 is 5.32 Å². The fourth-order valence-corrected chi connectivity index (χ4v) is 2.33. The van der Waals surface area contributed by atoms with E-state index in [1.165, 1.54) is 23.8 Å². The first-order chi connectivity index (χ1) is 9.51. The number of aryl methyl sites for hydroxylation is 3. The Morgan fingerprint density at radius 3 is 2.05 bits per heavy atom. The monoisotopic (exact) mass is 269 g/mol. The standard InChI is InChI=1S/C17H19NO2/c1-11-9-12(2)16(13(3)10-11)18-15-7-5-14(6-8-15)17(19)20-4/h5-10,18H,1-4H3. The van der Waals surface area contributed by atoms with Crippen LogP contribution in [0.2, 0.25) is 0 Å². The summed E-state index contributed by atoms with van der Waals surface area (Å²) in [6, 6.07) is 11.6. The molecule has 0 aliphatic rings. The molecule has 104 valence electrons. The first-order valence-electron chi connectivity index (χ1n) is 6.54. The van der Waals surface area contributed by atoms with Crippen LogP contribution in [0.3, 0.4) is 0 Å². The highest BCUT2D eigenvalue weighted by Crippen LogP contribution is 2.26. The smallest absolute Gasteiger partial charge is 0.337 e. The van der Waals surface area contributed by atoms with E-state index in [0.29, 0.717) is 5.56 Å². The van der Waals surface area contributed by atoms with Crippen LogP contribution in [0, 0.1) is 20.8 Å². The summed E-state index contributed by atoms with van der Waals surface area (Å²) in [4.78, 5) is 11.4. The number of ether oxygens (including phenoxy) is 1. The van der Waals surface area contributed by atoms with Crippen molar-refractivity contribution < 1.29 is 9.53 Å². The number of methoxy groups -OCH3 is 1. The lowest BCUT2D eigenvalue weighted by atomic mass is 10.0. The molecule has 1 N–H and O–H groups in total. The molecule has 2 aromatic carbocycles. The molecule has 3 nitrogen and oxygen atoms in total. The molecule has 2 rings (SSSR count). The van der Waals surface area contributed by atoms with Crippen molar-refractivity contribution in [2.45, 2.75) is 20.8 Å². The average molecular weight is 269 g/mol. The maximum absolute atomic E-state index is 11.4. The second kappa shape index (κ2) is 5.78. The van der Waals surface area contributed by atoms with Crippen LogP contribution in [0.1, 0.15) is 27.0 Å². The van der Waals surface area contributed by atoms with Crippen molar-refractivity contribution in [2.24, 2.45) is 0 Å². The minimum Gasteiger partial charge on any atom is -0.465 e. The molecular formula is C17H19NO2. The minimum atomic E-state index is -0.320. The summed E-state index contributed by atoms with van der Waals surface area (Å²) in [6.45, 7) is 6.27. The molecule has 0 unspecified atom stereocenters. The van der Waals surface area contributed by atoms with Crippen molar-refractivity contribution in [2.75, 3.05) is 12.4 Å². The highest BCUT2D eigenvalue weighted by molar-refractivity contribution is 5.89. The van der Waals surface area contributed by atoms with E-state index in [2.05, 4.69) is 43.0 Å². The topological polar surface area (TPSA) is 38.3 Å². The lowest BCUT2D eigenvalue weighted by molar-refractivity contribution is 0.0601. The van der Waals surface area contributed by atoms with Gasteiger partial charge < -0.3 is 10.1 Å². The van der Waals surface area contributed by atoms with E-state index in [1.54, 1.807) is 12.1 Å². The van der Waals surface area contributed by atoms with Crippen LogP contribution in [0.4, 0.5) is 11.4 Å². The summed E-state index contributed by atoms with van der Waals surface area (Å²) in [5, 5.41) is 3.40. The first-order valence-corrected chi connectivity index (χ1v) is 6.54. The molecular weight excluding hydrogens is 250 g/mol. The second-order valence-electron chi connectivity index (χ2n) is 4.97. The highest BCUT2D eigenvalue weighted by atomic mass is 16.5. The zero-order valence-electron chi connectivity index (χ0n) is 12.3. The van der Waals surface area contributed by atoms with E-state index in [0.717, 1.165) is 11.4 Å². The van der Waals surface area contributed by atoms with Gasteiger partial charge in [0.1, 0.15) is 0 Å². The Labute approximate surface area is 119 Å². The summed E-state index contributed by atoms with van der Waals surface area (Å²) in [7, 11) is 1.38. The van der Waals surface area contributed by atoms with Crippen molar-refractivity contribution in [1.82, 2.24) is 0 Å². The van der Waals surface area contributed by atoms with Gasteiger partial charge in [-0.25, -0.2) is 4.79 Å². The molecule has 0 spiro atoms. The third-order valence-corrected chi connectivity index (χ3v) is 3.25. The van der Waals surface area contributed by atoms with E-state index in [1.807, 2.05) is 12.1 Å². The van der Waals surface area contributed by atoms with Gasteiger partial charge in [0.2, 0.25) is 0 Å². The van der Waals surface area contributed by atoms with Gasteiger partial charge in [-0.1, -0.05) is 17.7 Å². The lowest BCUT2D eigenvalue weighted by Gasteiger charge is -2.14. The molecule has 0 atom stereocenters. The second-order valence-corrected chi connectivity index (χ2v) is 4.97. The summed E-state index contributed by atoms with van der Waals surface area (Å²) < 4.78 is 4.69. The number of benzene rings is 2. The number of carbonyl (C=O) groups excluding carboxylic acids is 1. The van der Waals surface area contributed by atoms with Crippen LogP contribution in [-0.4, -0.2) is 13.1 Å². The van der Waals surface area contributed by atoms with Crippen molar-refractivity contribution >= 4 is 17.3 Å². The Morgan fingerprint density at radius 1 is 1.00 bits per heavy atom. The summed E-state index contributed by atoms with van der Waals surface area (Å²) in [5.74, 6) is -0.320. The van der Waals surface area contributed by atoms with Gasteiger partial charge in [-0.05, 0) is 56.2 Å². The van der Waals surface area contributed by atoms with Crippen LogP contribution >= 0.6 is 0 Å². The van der Waals surface area contributed by atoms with E-state index < -0.39 is 0 Å². The van der Waals surface area contributed by atoms with Gasteiger partial charge >= 0.3 is 5.97 Å². The number of carbonyl (C=O) groups is 1. The Kier molecular flexibility index (Phi) is 4.08. The van der Waals surface area contributed by atoms with Crippen molar-refractivity contribution in [1.29, 1.82) is 0 Å². The van der Waals surface area contributed by atoms with E-state index in [9.17, 15) is 4.79 Å². The molecule has 0 amide bonds. The third kappa shape index (κ3) is 2.99. The van der Waals surface area contributed by atoms with Gasteiger partial charge in [0.05, 0.1) is 12.7 Å². The number of esters is 1. The van der Waals surface area contributed by atoms with Gasteiger partial charge in [-0.3, -0.25) is 0 Å². The first kappa shape index (κ1) is 14.1. The van der Waals surface area contributed by atoms with Crippen molar-refractivity contribution in [3.8, 4) is 0 Å². The lowest BCUT2D eigenvalue weighted by Crippen LogP contribution is -2.01. The molecule has 0 saturated heterocycles. The van der Waals surface area contributed by atoms with E-state index in [4.69, 9.17) is 0 Å². The van der Waals surface area contributed by atoms with Gasteiger partial charge in [-0.2, -0.15) is 0 Å². The average Bonchev–Trinajstić information content (AvgIpc) is 2.42. The van der Waals surface area contributed by atoms with Gasteiger partial charge in [0.15, 0.2) is 0 Å². The third-order valence-electron chi connectivity index (χ3n) is 3.25. The van der Waals surface area contributed by atoms with Crippen LogP contribution in [0.25, 0.3) is 0 Å². The molecule has 0 radical (unpaired) electrons. The molecule has 0 aromatic heterocycles. The number of anilines is 2. The van der Waals surface area contributed by atoms with Gasteiger partial charge in [0, 0.05) is 11.4 Å². The molecule has 0 aliphatic carbocycles. The van der Waals surface area contributed by atoms with Crippen LogP contribution in [0.5, 0.6) is 0 Å². The Morgan fingerprint density at radius 2 is 1.55 bits per heavy atom. The molecule has 0 saturated carbocycles. The Bertz CT molecular complexity index is 607. The summed E-state index contributed by atoms with van der Waals surface area (Å²) in [5.41, 5.74) is 6.29. The summed E-state index contributed by atoms with van der Waals surface area (Å²) in [6.07, 6.45) is 0. The molecule has 0 bridgehead atoms. The Balaban J connectivity index is 2.25. The number of hydrogen-bond acceptors (Lipinski definition) is 3. The maximum atomic E-state index is 11.4. The zero-order valence-corrected chi connectivity index (χ0v) is 12.3. The number of hydrogen-bond donors (Lipinski definition) is 1. The number of rotatable bonds is 3. The van der Waals surface area contributed by atoms with Crippen molar-refractivity contribution in [3.05, 3.63) is 58.7 Å². The predicted octanol–water partition coefficient (Wildman–Crippen LogP) is 4.14. The molecule has 0 heterocycles. The largest absolute Gasteiger partial charge is 0.465 e. The van der Waals surface area contributed by atoms with Gasteiger partial charge in [-0.15, -0.1) is 0 Å². The molecule has 2 aromatic rings. The van der Waals surface area contributed by atoms with E-state index in [-0.39, 0.29) is 5.97 Å². The predicted molar refractivity (Wildman–Crippen MR) is 81.7 cm³/mol. The molecule has 0 aliphatic heterocycles. The number of nitrogens with one attached hydrogen (secondary N) is 1. The maximum Gasteiger partial charge on any atom is 0.337 e. The molecule has 3 heteroatoms. The molecule has 20 heavy (non-hydrogen) atoms. The van der Waals surface area contributed by atoms with Crippen LogP contribution in [0.15, 0.2) is 36.4 Å². The summed E-state index contributed by atoms with van der Waals surface area (Å²) >= 11 is 0. The van der Waals surface area contributed by atoms with Crippen LogP contribution in [-0.2, 0) is 4.74 Å². The fraction of sp³-hybridized carbons (Fsp3) is 0.235. The highest BCUT2D eigenvalue weighted by Gasteiger charge is 2.06. The quantitative estimate of drug-likeness (QED) is 0.851. The molecule has 0 fully saturated rings. The van der Waals surface area contributed by atoms with Gasteiger partial charge in [0.25, 0.3) is 0 Å². The minimum absolute atomic E-state index is 0.320. The SMILES string of the molecule is COC(=O)c1ccc(Nc2c(C)cc(C)cc2C)cc1. The Hall–Kier alpha value is -2.29. The fourth-order valence-electron chi connectivity index (χ4n) is 2.33. The zero-order chi connectivity index (χ0) is 14.7. The van der Waals surface area contributed by atoms with Crippen molar-refractivity contribution in [3.63, 3.8) is 0 Å². The van der Waals surface area contributed by atoms with E-state index >= 15 is 0 Å².